The van der Waals surface area contributed by atoms with Crippen molar-refractivity contribution in [3.8, 4) is 5.75 Å². The van der Waals surface area contributed by atoms with Crippen molar-refractivity contribution in [1.29, 1.82) is 0 Å². The number of hydrogen-bond donors (Lipinski definition) is 2. The molecule has 0 bridgehead atoms. The van der Waals surface area contributed by atoms with E-state index < -0.39 is 5.41 Å². The Labute approximate surface area is 164 Å². The highest BCUT2D eigenvalue weighted by Gasteiger charge is 2.56. The van der Waals surface area contributed by atoms with Crippen molar-refractivity contribution in [3.63, 3.8) is 0 Å². The van der Waals surface area contributed by atoms with Crippen molar-refractivity contribution in [2.45, 2.75) is 39.7 Å². The molecule has 1 aliphatic rings. The second kappa shape index (κ2) is 7.84. The number of rotatable bonds is 7. The Morgan fingerprint density at radius 2 is 1.32 bits per heavy atom. The highest BCUT2D eigenvalue weighted by atomic mass is 16.5. The molecule has 1 fully saturated rings. The molecule has 0 heterocycles. The number of Topliss-reactive ketones (excluding diaryl/α,β-unsaturated/α-hetero) is 1. The smallest absolute Gasteiger partial charge is 0.240 e. The van der Waals surface area contributed by atoms with E-state index in [-0.39, 0.29) is 23.7 Å². The normalized spacial score (nSPS) is 14.3. The van der Waals surface area contributed by atoms with Crippen LogP contribution in [-0.2, 0) is 9.59 Å². The molecule has 0 saturated heterocycles. The molecule has 0 spiro atoms. The molecular formula is C22H24N2O4. The summed E-state index contributed by atoms with van der Waals surface area (Å²) in [5, 5.41) is 5.59. The highest BCUT2D eigenvalue weighted by molar-refractivity contribution is 6.17. The first kappa shape index (κ1) is 19.6. The van der Waals surface area contributed by atoms with E-state index in [1.165, 1.54) is 6.92 Å². The van der Waals surface area contributed by atoms with Crippen molar-refractivity contribution in [2.75, 3.05) is 10.6 Å². The lowest BCUT2D eigenvalue weighted by Crippen LogP contribution is -2.35. The molecule has 1 saturated carbocycles. The number of carbonyl (C=O) groups excluding carboxylic acids is 3. The van der Waals surface area contributed by atoms with Gasteiger partial charge in [-0.05, 0) is 82.1 Å². The molecule has 1 aliphatic carbocycles. The SMILES string of the molecule is CC(=O)c1ccc(NC(=O)C2(C(=O)Nc3ccc(OC(C)C)cc3)CC2)cc1. The monoisotopic (exact) mass is 380 g/mol. The van der Waals surface area contributed by atoms with Crippen molar-refractivity contribution in [2.24, 2.45) is 5.41 Å². The topological polar surface area (TPSA) is 84.5 Å². The summed E-state index contributed by atoms with van der Waals surface area (Å²) in [5.74, 6) is 0.0323. The Morgan fingerprint density at radius 3 is 1.71 bits per heavy atom. The summed E-state index contributed by atoms with van der Waals surface area (Å²) in [5.41, 5.74) is 0.698. The molecule has 146 valence electrons. The number of ketones is 1. The van der Waals surface area contributed by atoms with Crippen LogP contribution in [0.5, 0.6) is 5.75 Å². The van der Waals surface area contributed by atoms with E-state index in [2.05, 4.69) is 10.6 Å². The summed E-state index contributed by atoms with van der Waals surface area (Å²) in [4.78, 5) is 36.7. The molecule has 6 heteroatoms. The van der Waals surface area contributed by atoms with Crippen LogP contribution < -0.4 is 15.4 Å². The standard InChI is InChI=1S/C22H24N2O4/c1-14(2)28-19-10-8-18(9-11-19)24-21(27)22(12-13-22)20(26)23-17-6-4-16(5-7-17)15(3)25/h4-11,14H,12-13H2,1-3H3,(H,23,26)(H,24,27). The van der Waals surface area contributed by atoms with Gasteiger partial charge in [-0.3, -0.25) is 14.4 Å². The van der Waals surface area contributed by atoms with Crippen LogP contribution in [-0.4, -0.2) is 23.7 Å². The third-order valence-corrected chi connectivity index (χ3v) is 4.65. The quantitative estimate of drug-likeness (QED) is 0.561. The Kier molecular flexibility index (Phi) is 5.49. The number of hydrogen-bond acceptors (Lipinski definition) is 4. The van der Waals surface area contributed by atoms with E-state index in [1.54, 1.807) is 48.5 Å². The van der Waals surface area contributed by atoms with Crippen LogP contribution in [0.4, 0.5) is 11.4 Å². The van der Waals surface area contributed by atoms with E-state index in [0.717, 1.165) is 5.75 Å². The molecule has 2 aromatic rings. The highest BCUT2D eigenvalue weighted by Crippen LogP contribution is 2.47. The summed E-state index contributed by atoms with van der Waals surface area (Å²) >= 11 is 0. The summed E-state index contributed by atoms with van der Waals surface area (Å²) in [6.45, 7) is 5.37. The number of benzene rings is 2. The van der Waals surface area contributed by atoms with Gasteiger partial charge in [0.15, 0.2) is 5.78 Å². The largest absolute Gasteiger partial charge is 0.491 e. The van der Waals surface area contributed by atoms with Gasteiger partial charge in [-0.15, -0.1) is 0 Å². The van der Waals surface area contributed by atoms with Gasteiger partial charge in [-0.1, -0.05) is 0 Å². The Bertz CT molecular complexity index is 882. The average molecular weight is 380 g/mol. The third-order valence-electron chi connectivity index (χ3n) is 4.65. The average Bonchev–Trinajstić information content (AvgIpc) is 3.45. The molecule has 28 heavy (non-hydrogen) atoms. The van der Waals surface area contributed by atoms with Crippen LogP contribution >= 0.6 is 0 Å². The first-order valence-electron chi connectivity index (χ1n) is 9.31. The fourth-order valence-electron chi connectivity index (χ4n) is 2.86. The number of anilines is 2. The summed E-state index contributed by atoms with van der Waals surface area (Å²) in [6, 6.07) is 13.7. The second-order valence-electron chi connectivity index (χ2n) is 7.31. The Balaban J connectivity index is 1.62. The minimum absolute atomic E-state index is 0.0410. The summed E-state index contributed by atoms with van der Waals surface area (Å²) < 4.78 is 5.58. The molecule has 3 rings (SSSR count). The lowest BCUT2D eigenvalue weighted by molar-refractivity contribution is -0.131. The van der Waals surface area contributed by atoms with Crippen LogP contribution in [0, 0.1) is 5.41 Å². The fraction of sp³-hybridized carbons (Fsp3) is 0.318. The van der Waals surface area contributed by atoms with Gasteiger partial charge in [0.05, 0.1) is 6.10 Å². The van der Waals surface area contributed by atoms with E-state index in [0.29, 0.717) is 29.8 Å². The van der Waals surface area contributed by atoms with Gasteiger partial charge in [-0.25, -0.2) is 0 Å². The molecule has 0 unspecified atom stereocenters. The Hall–Kier alpha value is -3.15. The molecule has 0 aromatic heterocycles. The van der Waals surface area contributed by atoms with Gasteiger partial charge in [0.2, 0.25) is 11.8 Å². The third kappa shape index (κ3) is 4.39. The van der Waals surface area contributed by atoms with Crippen LogP contribution in [0.2, 0.25) is 0 Å². The summed E-state index contributed by atoms with van der Waals surface area (Å²) in [7, 11) is 0. The fourth-order valence-corrected chi connectivity index (χ4v) is 2.86. The number of ether oxygens (including phenoxy) is 1. The maximum atomic E-state index is 12.7. The van der Waals surface area contributed by atoms with Crippen LogP contribution in [0.25, 0.3) is 0 Å². The molecule has 0 aliphatic heterocycles. The molecule has 2 amide bonds. The van der Waals surface area contributed by atoms with Gasteiger partial charge < -0.3 is 15.4 Å². The zero-order valence-corrected chi connectivity index (χ0v) is 16.2. The molecule has 2 aromatic carbocycles. The predicted octanol–water partition coefficient (Wildman–Crippen LogP) is 4.03. The molecule has 0 atom stereocenters. The lowest BCUT2D eigenvalue weighted by atomic mass is 10.0. The van der Waals surface area contributed by atoms with E-state index in [9.17, 15) is 14.4 Å². The second-order valence-corrected chi connectivity index (χ2v) is 7.31. The molecule has 2 N–H and O–H groups in total. The zero-order valence-electron chi connectivity index (χ0n) is 16.2. The maximum Gasteiger partial charge on any atom is 0.240 e. The molecule has 0 radical (unpaired) electrons. The van der Waals surface area contributed by atoms with Gasteiger partial charge in [-0.2, -0.15) is 0 Å². The van der Waals surface area contributed by atoms with Crippen LogP contribution in [0.15, 0.2) is 48.5 Å². The first-order chi connectivity index (χ1) is 13.3. The lowest BCUT2D eigenvalue weighted by Gasteiger charge is -2.16. The molecular weight excluding hydrogens is 356 g/mol. The first-order valence-corrected chi connectivity index (χ1v) is 9.31. The van der Waals surface area contributed by atoms with Crippen LogP contribution in [0.3, 0.4) is 0 Å². The van der Waals surface area contributed by atoms with Crippen molar-refractivity contribution in [1.82, 2.24) is 0 Å². The number of amides is 2. The van der Waals surface area contributed by atoms with E-state index in [1.807, 2.05) is 13.8 Å². The van der Waals surface area contributed by atoms with E-state index in [4.69, 9.17) is 4.74 Å². The Morgan fingerprint density at radius 1 is 0.857 bits per heavy atom. The van der Waals surface area contributed by atoms with Crippen molar-refractivity contribution < 1.29 is 19.1 Å². The zero-order chi connectivity index (χ0) is 20.3. The van der Waals surface area contributed by atoms with Crippen LogP contribution in [0.1, 0.15) is 44.0 Å². The van der Waals surface area contributed by atoms with Gasteiger partial charge in [0.25, 0.3) is 0 Å². The van der Waals surface area contributed by atoms with E-state index >= 15 is 0 Å². The number of nitrogens with one attached hydrogen (secondary N) is 2. The summed E-state index contributed by atoms with van der Waals surface area (Å²) in [6.07, 6.45) is 1.08. The van der Waals surface area contributed by atoms with Gasteiger partial charge >= 0.3 is 0 Å². The predicted molar refractivity (Wildman–Crippen MR) is 108 cm³/mol. The van der Waals surface area contributed by atoms with Crippen molar-refractivity contribution >= 4 is 29.0 Å². The van der Waals surface area contributed by atoms with Gasteiger partial charge in [0, 0.05) is 16.9 Å². The minimum atomic E-state index is -1.05. The number of carbonyl (C=O) groups is 3. The molecule has 6 nitrogen and oxygen atoms in total. The van der Waals surface area contributed by atoms with Gasteiger partial charge in [0.1, 0.15) is 11.2 Å². The van der Waals surface area contributed by atoms with Crippen molar-refractivity contribution in [3.05, 3.63) is 54.1 Å². The maximum absolute atomic E-state index is 12.7. The minimum Gasteiger partial charge on any atom is -0.491 e.